The molecule has 0 saturated heterocycles. The summed E-state index contributed by atoms with van der Waals surface area (Å²) >= 11 is 11.4. The van der Waals surface area contributed by atoms with Crippen molar-refractivity contribution in [1.29, 1.82) is 0 Å². The Bertz CT molecular complexity index is 629. The lowest BCUT2D eigenvalue weighted by atomic mass is 10.1. The monoisotopic (exact) mass is 320 g/mol. The maximum Gasteiger partial charge on any atom is 0.175 e. The first-order valence-corrected chi connectivity index (χ1v) is 7.41. The number of aryl methyl sites for hydroxylation is 1. The molecule has 3 nitrogen and oxygen atoms in total. The summed E-state index contributed by atoms with van der Waals surface area (Å²) in [5, 5.41) is 7.28. The first-order chi connectivity index (χ1) is 10.1. The van der Waals surface area contributed by atoms with E-state index >= 15 is 0 Å². The van der Waals surface area contributed by atoms with Crippen molar-refractivity contribution in [3.63, 3.8) is 0 Å². The van der Waals surface area contributed by atoms with Crippen molar-refractivity contribution in [3.05, 3.63) is 53.1 Å². The molecule has 0 unspecified atom stereocenters. The SMILES string of the molecule is CCc1ccc(NC(=S)Nc2ccc(OC)c(Cl)c2)cc1. The number of halogens is 1. The Morgan fingerprint density at radius 1 is 1.10 bits per heavy atom. The highest BCUT2D eigenvalue weighted by atomic mass is 35.5. The van der Waals surface area contributed by atoms with Crippen LogP contribution in [-0.4, -0.2) is 12.2 Å². The van der Waals surface area contributed by atoms with Crippen molar-refractivity contribution in [1.82, 2.24) is 0 Å². The molecule has 0 aliphatic carbocycles. The number of benzene rings is 2. The van der Waals surface area contributed by atoms with E-state index in [0.29, 0.717) is 15.9 Å². The number of methoxy groups -OCH3 is 1. The van der Waals surface area contributed by atoms with Crippen LogP contribution in [0.4, 0.5) is 11.4 Å². The Morgan fingerprint density at radius 3 is 2.29 bits per heavy atom. The highest BCUT2D eigenvalue weighted by Crippen LogP contribution is 2.27. The second-order valence-electron chi connectivity index (χ2n) is 4.48. The van der Waals surface area contributed by atoms with E-state index in [1.54, 1.807) is 19.2 Å². The highest BCUT2D eigenvalue weighted by molar-refractivity contribution is 7.80. The third-order valence-corrected chi connectivity index (χ3v) is 3.53. The Hall–Kier alpha value is -1.78. The van der Waals surface area contributed by atoms with Gasteiger partial charge in [-0.3, -0.25) is 0 Å². The average Bonchev–Trinajstić information content (AvgIpc) is 2.48. The molecule has 2 rings (SSSR count). The fraction of sp³-hybridized carbons (Fsp3) is 0.188. The zero-order valence-corrected chi connectivity index (χ0v) is 13.5. The fourth-order valence-electron chi connectivity index (χ4n) is 1.86. The highest BCUT2D eigenvalue weighted by Gasteiger charge is 2.03. The quantitative estimate of drug-likeness (QED) is 0.799. The molecule has 0 aromatic heterocycles. The Balaban J connectivity index is 1.99. The van der Waals surface area contributed by atoms with Gasteiger partial charge in [-0.05, 0) is 54.5 Å². The standard InChI is InChI=1S/C16H17ClN2OS/c1-3-11-4-6-12(7-5-11)18-16(21)19-13-8-9-15(20-2)14(17)10-13/h4-10H,3H2,1-2H3,(H2,18,19,21). The molecule has 110 valence electrons. The topological polar surface area (TPSA) is 33.3 Å². The predicted molar refractivity (Wildman–Crippen MR) is 93.7 cm³/mol. The van der Waals surface area contributed by atoms with Crippen LogP contribution in [-0.2, 0) is 6.42 Å². The number of hydrogen-bond acceptors (Lipinski definition) is 2. The van der Waals surface area contributed by atoms with Crippen molar-refractivity contribution in [2.75, 3.05) is 17.7 Å². The summed E-state index contributed by atoms with van der Waals surface area (Å²) in [6, 6.07) is 13.6. The van der Waals surface area contributed by atoms with Crippen LogP contribution in [0.2, 0.25) is 5.02 Å². The molecule has 0 bridgehead atoms. The van der Waals surface area contributed by atoms with Gasteiger partial charge >= 0.3 is 0 Å². The lowest BCUT2D eigenvalue weighted by Gasteiger charge is -2.12. The molecule has 0 atom stereocenters. The molecule has 0 heterocycles. The summed E-state index contributed by atoms with van der Waals surface area (Å²) in [5.41, 5.74) is 3.05. The largest absolute Gasteiger partial charge is 0.495 e. The molecular weight excluding hydrogens is 304 g/mol. The summed E-state index contributed by atoms with van der Waals surface area (Å²) in [6.45, 7) is 2.13. The Morgan fingerprint density at radius 2 is 1.71 bits per heavy atom. The Labute approximate surface area is 135 Å². The van der Waals surface area contributed by atoms with Gasteiger partial charge in [-0.15, -0.1) is 0 Å². The molecule has 0 fully saturated rings. The van der Waals surface area contributed by atoms with Crippen molar-refractivity contribution in [2.24, 2.45) is 0 Å². The van der Waals surface area contributed by atoms with Crippen LogP contribution in [0.3, 0.4) is 0 Å². The second-order valence-corrected chi connectivity index (χ2v) is 5.29. The smallest absolute Gasteiger partial charge is 0.175 e. The molecule has 0 spiro atoms. The molecule has 0 aliphatic heterocycles. The van der Waals surface area contributed by atoms with E-state index in [1.165, 1.54) is 5.56 Å². The predicted octanol–water partition coefficient (Wildman–Crippen LogP) is 4.72. The fourth-order valence-corrected chi connectivity index (χ4v) is 2.35. The summed E-state index contributed by atoms with van der Waals surface area (Å²) in [6.07, 6.45) is 1.02. The van der Waals surface area contributed by atoms with Crippen LogP contribution in [0.25, 0.3) is 0 Å². The minimum Gasteiger partial charge on any atom is -0.495 e. The summed E-state index contributed by atoms with van der Waals surface area (Å²) in [4.78, 5) is 0. The van der Waals surface area contributed by atoms with Gasteiger partial charge < -0.3 is 15.4 Å². The number of nitrogens with one attached hydrogen (secondary N) is 2. The van der Waals surface area contributed by atoms with Gasteiger partial charge in [-0.25, -0.2) is 0 Å². The van der Waals surface area contributed by atoms with E-state index < -0.39 is 0 Å². The number of hydrogen-bond donors (Lipinski definition) is 2. The van der Waals surface area contributed by atoms with Gasteiger partial charge in [0.15, 0.2) is 5.11 Å². The van der Waals surface area contributed by atoms with E-state index in [1.807, 2.05) is 18.2 Å². The number of anilines is 2. The van der Waals surface area contributed by atoms with Gasteiger partial charge in [-0.1, -0.05) is 30.7 Å². The first kappa shape index (κ1) is 15.6. The molecule has 0 radical (unpaired) electrons. The van der Waals surface area contributed by atoms with Crippen molar-refractivity contribution in [3.8, 4) is 5.75 Å². The summed E-state index contributed by atoms with van der Waals surface area (Å²) < 4.78 is 5.11. The van der Waals surface area contributed by atoms with E-state index in [0.717, 1.165) is 17.8 Å². The lowest BCUT2D eigenvalue weighted by molar-refractivity contribution is 0.415. The van der Waals surface area contributed by atoms with Gasteiger partial charge in [0, 0.05) is 11.4 Å². The minimum atomic E-state index is 0.514. The van der Waals surface area contributed by atoms with E-state index in [9.17, 15) is 0 Å². The van der Waals surface area contributed by atoms with E-state index in [-0.39, 0.29) is 0 Å². The van der Waals surface area contributed by atoms with Crippen molar-refractivity contribution < 1.29 is 4.74 Å². The maximum atomic E-state index is 6.08. The molecule has 2 aromatic rings. The molecule has 0 saturated carbocycles. The third kappa shape index (κ3) is 4.34. The normalized spacial score (nSPS) is 10.0. The van der Waals surface area contributed by atoms with Crippen LogP contribution >= 0.6 is 23.8 Å². The van der Waals surface area contributed by atoms with Crippen LogP contribution in [0.15, 0.2) is 42.5 Å². The van der Waals surface area contributed by atoms with Crippen LogP contribution in [0.1, 0.15) is 12.5 Å². The van der Waals surface area contributed by atoms with Gasteiger partial charge in [-0.2, -0.15) is 0 Å². The summed E-state index contributed by atoms with van der Waals surface area (Å²) in [7, 11) is 1.58. The van der Waals surface area contributed by atoms with Gasteiger partial charge in [0.1, 0.15) is 5.75 Å². The van der Waals surface area contributed by atoms with E-state index in [2.05, 4.69) is 29.7 Å². The van der Waals surface area contributed by atoms with Gasteiger partial charge in [0.25, 0.3) is 0 Å². The minimum absolute atomic E-state index is 0.514. The number of thiocarbonyl (C=S) groups is 1. The van der Waals surface area contributed by atoms with Crippen LogP contribution in [0, 0.1) is 0 Å². The molecule has 0 aliphatic rings. The molecule has 21 heavy (non-hydrogen) atoms. The average molecular weight is 321 g/mol. The summed E-state index contributed by atoms with van der Waals surface area (Å²) in [5.74, 6) is 0.635. The van der Waals surface area contributed by atoms with Gasteiger partial charge in [0.05, 0.1) is 12.1 Å². The third-order valence-electron chi connectivity index (χ3n) is 3.03. The first-order valence-electron chi connectivity index (χ1n) is 6.63. The molecule has 2 N–H and O–H groups in total. The van der Waals surface area contributed by atoms with Crippen molar-refractivity contribution in [2.45, 2.75) is 13.3 Å². The number of ether oxygens (including phenoxy) is 1. The Kier molecular flexibility index (Phi) is 5.42. The zero-order chi connectivity index (χ0) is 15.2. The van der Waals surface area contributed by atoms with Crippen LogP contribution < -0.4 is 15.4 Å². The van der Waals surface area contributed by atoms with Crippen molar-refractivity contribution >= 4 is 40.3 Å². The zero-order valence-electron chi connectivity index (χ0n) is 11.9. The lowest BCUT2D eigenvalue weighted by Crippen LogP contribution is -2.19. The van der Waals surface area contributed by atoms with Crippen LogP contribution in [0.5, 0.6) is 5.75 Å². The maximum absolute atomic E-state index is 6.08. The van der Waals surface area contributed by atoms with Gasteiger partial charge in [0.2, 0.25) is 0 Å². The molecular formula is C16H17ClN2OS. The second kappa shape index (κ2) is 7.29. The molecule has 0 amide bonds. The van der Waals surface area contributed by atoms with E-state index in [4.69, 9.17) is 28.6 Å². The molecule has 2 aromatic carbocycles. The molecule has 5 heteroatoms. The number of rotatable bonds is 4.